The van der Waals surface area contributed by atoms with Gasteiger partial charge in [0.1, 0.15) is 5.01 Å². The Morgan fingerprint density at radius 3 is 2.63 bits per heavy atom. The monoisotopic (exact) mass is 414 g/mol. The Hall–Kier alpha value is -3.51. The molecule has 0 unspecified atom stereocenters. The number of hydrogen-bond acceptors (Lipinski definition) is 5. The molecule has 5 nitrogen and oxygen atoms in total. The molecule has 2 aromatic heterocycles. The number of hydrogen-bond donors (Lipinski definition) is 2. The van der Waals surface area contributed by atoms with E-state index in [9.17, 15) is 4.79 Å². The summed E-state index contributed by atoms with van der Waals surface area (Å²) >= 11 is 1.64. The number of amides is 1. The molecule has 0 bridgehead atoms. The Kier molecular flexibility index (Phi) is 6.15. The minimum Gasteiger partial charge on any atom is -0.379 e. The molecule has 30 heavy (non-hydrogen) atoms. The predicted molar refractivity (Wildman–Crippen MR) is 121 cm³/mol. The summed E-state index contributed by atoms with van der Waals surface area (Å²) in [6.07, 6.45) is 5.44. The molecule has 1 atom stereocenters. The van der Waals surface area contributed by atoms with Crippen molar-refractivity contribution in [1.29, 1.82) is 0 Å². The van der Waals surface area contributed by atoms with Gasteiger partial charge in [0.2, 0.25) is 0 Å². The van der Waals surface area contributed by atoms with Gasteiger partial charge in [-0.25, -0.2) is 4.98 Å². The van der Waals surface area contributed by atoms with Gasteiger partial charge in [-0.15, -0.1) is 11.3 Å². The number of aromatic nitrogens is 2. The first-order valence-corrected chi connectivity index (χ1v) is 10.6. The van der Waals surface area contributed by atoms with Crippen molar-refractivity contribution in [3.05, 3.63) is 101 Å². The van der Waals surface area contributed by atoms with Crippen LogP contribution in [0, 0.1) is 0 Å². The zero-order chi connectivity index (χ0) is 20.8. The summed E-state index contributed by atoms with van der Waals surface area (Å²) in [5.41, 5.74) is 3.70. The zero-order valence-electron chi connectivity index (χ0n) is 16.6. The molecule has 1 amide bonds. The van der Waals surface area contributed by atoms with E-state index in [1.807, 2.05) is 79.9 Å². The highest BCUT2D eigenvalue weighted by Gasteiger charge is 2.12. The van der Waals surface area contributed by atoms with Crippen molar-refractivity contribution in [2.75, 3.05) is 5.32 Å². The zero-order valence-corrected chi connectivity index (χ0v) is 17.4. The van der Waals surface area contributed by atoms with E-state index in [4.69, 9.17) is 0 Å². The fraction of sp³-hybridized carbons (Fsp3) is 0.125. The molecule has 0 aliphatic heterocycles. The second-order valence-corrected chi connectivity index (χ2v) is 8.01. The van der Waals surface area contributed by atoms with E-state index in [1.165, 1.54) is 0 Å². The van der Waals surface area contributed by atoms with Crippen molar-refractivity contribution in [3.63, 3.8) is 0 Å². The average Bonchev–Trinajstić information content (AvgIpc) is 3.28. The minimum absolute atomic E-state index is 0.0581. The van der Waals surface area contributed by atoms with Crippen molar-refractivity contribution >= 4 is 22.9 Å². The molecule has 0 aliphatic carbocycles. The van der Waals surface area contributed by atoms with E-state index in [1.54, 1.807) is 23.7 Å². The highest BCUT2D eigenvalue weighted by Crippen LogP contribution is 2.26. The molecule has 0 aliphatic rings. The van der Waals surface area contributed by atoms with Gasteiger partial charge in [-0.3, -0.25) is 9.78 Å². The molecular formula is C24H22N4OS. The van der Waals surface area contributed by atoms with Crippen LogP contribution in [0.1, 0.15) is 33.9 Å². The lowest BCUT2D eigenvalue weighted by molar-refractivity contribution is 0.0940. The number of rotatable bonds is 7. The van der Waals surface area contributed by atoms with Gasteiger partial charge in [0, 0.05) is 29.8 Å². The van der Waals surface area contributed by atoms with Crippen molar-refractivity contribution in [3.8, 4) is 10.4 Å². The number of thiazole rings is 1. The van der Waals surface area contributed by atoms with Crippen molar-refractivity contribution in [2.24, 2.45) is 0 Å². The lowest BCUT2D eigenvalue weighted by Crippen LogP contribution is -2.26. The van der Waals surface area contributed by atoms with Crippen LogP contribution in [0.25, 0.3) is 10.4 Å². The Labute approximate surface area is 179 Å². The van der Waals surface area contributed by atoms with Crippen LogP contribution < -0.4 is 10.6 Å². The maximum atomic E-state index is 12.7. The molecule has 0 radical (unpaired) electrons. The number of carbonyl (C=O) groups excluding carboxylic acids is 1. The van der Waals surface area contributed by atoms with E-state index in [2.05, 4.69) is 20.6 Å². The smallest absolute Gasteiger partial charge is 0.251 e. The topological polar surface area (TPSA) is 66.9 Å². The van der Waals surface area contributed by atoms with Gasteiger partial charge in [0.05, 0.1) is 17.5 Å². The van der Waals surface area contributed by atoms with Crippen LogP contribution in [-0.2, 0) is 6.54 Å². The third-order valence-electron chi connectivity index (χ3n) is 4.73. The van der Waals surface area contributed by atoms with E-state index < -0.39 is 0 Å². The number of nitrogens with zero attached hydrogens (tertiary/aromatic N) is 2. The normalized spacial score (nSPS) is 11.6. The van der Waals surface area contributed by atoms with Crippen LogP contribution >= 0.6 is 11.3 Å². The van der Waals surface area contributed by atoms with Crippen LogP contribution in [0.5, 0.6) is 0 Å². The predicted octanol–water partition coefficient (Wildman–Crippen LogP) is 5.31. The number of benzene rings is 2. The molecule has 4 rings (SSSR count). The van der Waals surface area contributed by atoms with E-state index in [0.29, 0.717) is 12.1 Å². The maximum Gasteiger partial charge on any atom is 0.251 e. The number of nitrogens with one attached hydrogen (secondary N) is 2. The minimum atomic E-state index is -0.0933. The van der Waals surface area contributed by atoms with E-state index >= 15 is 0 Å². The van der Waals surface area contributed by atoms with Gasteiger partial charge in [0.15, 0.2) is 0 Å². The summed E-state index contributed by atoms with van der Waals surface area (Å²) in [7, 11) is 0. The Balaban J connectivity index is 1.38. The Morgan fingerprint density at radius 2 is 1.83 bits per heavy atom. The number of carbonyl (C=O) groups is 1. The summed E-state index contributed by atoms with van der Waals surface area (Å²) in [5, 5.41) is 7.40. The van der Waals surface area contributed by atoms with Crippen LogP contribution in [-0.4, -0.2) is 15.9 Å². The molecule has 6 heteroatoms. The Morgan fingerprint density at radius 1 is 1.03 bits per heavy atom. The molecule has 0 fully saturated rings. The molecule has 4 aromatic rings. The molecule has 0 spiro atoms. The first-order chi connectivity index (χ1) is 14.7. The SMILES string of the molecule is C[C@@H](NC(=O)c1cccc(NCc2ncc(-c3ccncc3)s2)c1)c1ccccc1. The largest absolute Gasteiger partial charge is 0.379 e. The van der Waals surface area contributed by atoms with E-state index in [0.717, 1.165) is 26.7 Å². The van der Waals surface area contributed by atoms with Crippen LogP contribution in [0.4, 0.5) is 5.69 Å². The van der Waals surface area contributed by atoms with Gasteiger partial charge >= 0.3 is 0 Å². The van der Waals surface area contributed by atoms with Gasteiger partial charge in [-0.2, -0.15) is 0 Å². The van der Waals surface area contributed by atoms with E-state index in [-0.39, 0.29) is 11.9 Å². The first kappa shape index (κ1) is 19.8. The quantitative estimate of drug-likeness (QED) is 0.430. The molecule has 2 N–H and O–H groups in total. The second kappa shape index (κ2) is 9.33. The van der Waals surface area contributed by atoms with Crippen LogP contribution in [0.3, 0.4) is 0 Å². The maximum absolute atomic E-state index is 12.7. The highest BCUT2D eigenvalue weighted by molar-refractivity contribution is 7.15. The highest BCUT2D eigenvalue weighted by atomic mass is 32.1. The van der Waals surface area contributed by atoms with Crippen molar-refractivity contribution in [1.82, 2.24) is 15.3 Å². The third kappa shape index (κ3) is 4.90. The number of anilines is 1. The molecule has 150 valence electrons. The van der Waals surface area contributed by atoms with Crippen molar-refractivity contribution in [2.45, 2.75) is 19.5 Å². The lowest BCUT2D eigenvalue weighted by Gasteiger charge is -2.15. The summed E-state index contributed by atoms with van der Waals surface area (Å²) in [5.74, 6) is -0.0933. The fourth-order valence-electron chi connectivity index (χ4n) is 3.09. The van der Waals surface area contributed by atoms with Crippen LogP contribution in [0.15, 0.2) is 85.3 Å². The molecule has 0 saturated heterocycles. The number of pyridine rings is 1. The molecule has 2 aromatic carbocycles. The first-order valence-electron chi connectivity index (χ1n) is 9.74. The average molecular weight is 415 g/mol. The molecule has 2 heterocycles. The molecule has 0 saturated carbocycles. The van der Waals surface area contributed by atoms with Gasteiger partial charge in [0.25, 0.3) is 5.91 Å². The van der Waals surface area contributed by atoms with Gasteiger partial charge < -0.3 is 10.6 Å². The van der Waals surface area contributed by atoms with Crippen molar-refractivity contribution < 1.29 is 4.79 Å². The van der Waals surface area contributed by atoms with Gasteiger partial charge in [-0.1, -0.05) is 36.4 Å². The lowest BCUT2D eigenvalue weighted by atomic mass is 10.1. The third-order valence-corrected chi connectivity index (χ3v) is 5.78. The summed E-state index contributed by atoms with van der Waals surface area (Å²) in [6, 6.07) is 21.4. The summed E-state index contributed by atoms with van der Waals surface area (Å²) in [6.45, 7) is 2.58. The fourth-order valence-corrected chi connectivity index (χ4v) is 3.96. The standard InChI is InChI=1S/C24H22N4OS/c1-17(18-6-3-2-4-7-18)28-24(29)20-8-5-9-21(14-20)26-16-23-27-15-22(30-23)19-10-12-25-13-11-19/h2-15,17,26H,16H2,1H3,(H,28,29)/t17-/m1/s1. The summed E-state index contributed by atoms with van der Waals surface area (Å²) < 4.78 is 0. The summed E-state index contributed by atoms with van der Waals surface area (Å²) in [4.78, 5) is 22.3. The van der Waals surface area contributed by atoms with Crippen LogP contribution in [0.2, 0.25) is 0 Å². The Bertz CT molecular complexity index is 1110. The van der Waals surface area contributed by atoms with Gasteiger partial charge in [-0.05, 0) is 48.4 Å². The second-order valence-electron chi connectivity index (χ2n) is 6.89. The molecular weight excluding hydrogens is 392 g/mol.